The van der Waals surface area contributed by atoms with Crippen LogP contribution in [0.25, 0.3) is 20.7 Å². The quantitative estimate of drug-likeness (QED) is 0.538. The smallest absolute Gasteiger partial charge is 0.262 e. The van der Waals surface area contributed by atoms with Crippen molar-refractivity contribution in [3.63, 3.8) is 0 Å². The van der Waals surface area contributed by atoms with Crippen molar-refractivity contribution in [2.24, 2.45) is 0 Å². The third kappa shape index (κ3) is 3.84. The highest BCUT2D eigenvalue weighted by atomic mass is 32.1. The number of benzene rings is 2. The SMILES string of the molecule is Cc1cc(C)c(NC(=O)Cn2cnc3sc(-c4ccccc4)cc3c2=O)c(C)c1. The molecule has 6 heteroatoms. The maximum absolute atomic E-state index is 12.9. The van der Waals surface area contributed by atoms with Crippen LogP contribution in [0.1, 0.15) is 16.7 Å². The van der Waals surface area contributed by atoms with E-state index >= 15 is 0 Å². The molecule has 0 aliphatic heterocycles. The number of aromatic nitrogens is 2. The fourth-order valence-electron chi connectivity index (χ4n) is 3.53. The average Bonchev–Trinajstić information content (AvgIpc) is 3.13. The van der Waals surface area contributed by atoms with Crippen LogP contribution >= 0.6 is 11.3 Å². The van der Waals surface area contributed by atoms with Gasteiger partial charge in [0.25, 0.3) is 5.56 Å². The number of aryl methyl sites for hydroxylation is 3. The summed E-state index contributed by atoms with van der Waals surface area (Å²) in [6, 6.07) is 15.8. The first-order valence-corrected chi connectivity index (χ1v) is 10.2. The summed E-state index contributed by atoms with van der Waals surface area (Å²) in [4.78, 5) is 31.5. The number of rotatable bonds is 4. The molecule has 0 spiro atoms. The van der Waals surface area contributed by atoms with Crippen molar-refractivity contribution < 1.29 is 4.79 Å². The van der Waals surface area contributed by atoms with Crippen molar-refractivity contribution in [2.75, 3.05) is 5.32 Å². The van der Waals surface area contributed by atoms with Crippen molar-refractivity contribution in [1.29, 1.82) is 0 Å². The highest BCUT2D eigenvalue weighted by Gasteiger charge is 2.13. The number of fused-ring (bicyclic) bond motifs is 1. The number of carbonyl (C=O) groups excluding carboxylic acids is 1. The van der Waals surface area contributed by atoms with Gasteiger partial charge < -0.3 is 5.32 Å². The Bertz CT molecular complexity index is 1250. The number of hydrogen-bond donors (Lipinski definition) is 1. The van der Waals surface area contributed by atoms with E-state index in [9.17, 15) is 9.59 Å². The van der Waals surface area contributed by atoms with Crippen LogP contribution < -0.4 is 10.9 Å². The number of amides is 1. The van der Waals surface area contributed by atoms with Crippen molar-refractivity contribution in [1.82, 2.24) is 9.55 Å². The molecule has 0 saturated carbocycles. The molecule has 2 aromatic carbocycles. The van der Waals surface area contributed by atoms with E-state index in [-0.39, 0.29) is 18.0 Å². The van der Waals surface area contributed by atoms with Crippen molar-refractivity contribution in [3.05, 3.63) is 81.9 Å². The normalized spacial score (nSPS) is 11.0. The standard InChI is InChI=1S/C23H21N3O2S/c1-14-9-15(2)21(16(3)10-14)25-20(27)12-26-13-24-22-18(23(26)28)11-19(29-22)17-7-5-4-6-8-17/h4-11,13H,12H2,1-3H3,(H,25,27). The fourth-order valence-corrected chi connectivity index (χ4v) is 4.52. The van der Waals surface area contributed by atoms with Gasteiger partial charge in [-0.05, 0) is 43.5 Å². The summed E-state index contributed by atoms with van der Waals surface area (Å²) < 4.78 is 1.36. The zero-order chi connectivity index (χ0) is 20.5. The molecule has 0 unspecified atom stereocenters. The number of nitrogens with one attached hydrogen (secondary N) is 1. The van der Waals surface area contributed by atoms with Gasteiger partial charge in [-0.15, -0.1) is 11.3 Å². The highest BCUT2D eigenvalue weighted by Crippen LogP contribution is 2.30. The second-order valence-corrected chi connectivity index (χ2v) is 8.23. The number of nitrogens with zero attached hydrogens (tertiary/aromatic N) is 2. The molecule has 146 valence electrons. The van der Waals surface area contributed by atoms with Gasteiger partial charge in [-0.2, -0.15) is 0 Å². The van der Waals surface area contributed by atoms with Gasteiger partial charge in [0.15, 0.2) is 0 Å². The molecule has 4 rings (SSSR count). The molecule has 1 amide bonds. The predicted octanol–water partition coefficient (Wildman–Crippen LogP) is 4.69. The third-order valence-corrected chi connectivity index (χ3v) is 5.92. The van der Waals surface area contributed by atoms with Crippen LogP contribution in [0.2, 0.25) is 0 Å². The third-order valence-electron chi connectivity index (χ3n) is 4.83. The van der Waals surface area contributed by atoms with E-state index in [2.05, 4.69) is 10.3 Å². The summed E-state index contributed by atoms with van der Waals surface area (Å²) in [6.45, 7) is 5.87. The molecule has 2 aromatic heterocycles. The van der Waals surface area contributed by atoms with Gasteiger partial charge in [0.05, 0.1) is 11.7 Å². The first kappa shape index (κ1) is 19.1. The number of carbonyl (C=O) groups is 1. The lowest BCUT2D eigenvalue weighted by Gasteiger charge is -2.13. The minimum atomic E-state index is -0.248. The largest absolute Gasteiger partial charge is 0.324 e. The molecular formula is C23H21N3O2S. The predicted molar refractivity (Wildman–Crippen MR) is 119 cm³/mol. The highest BCUT2D eigenvalue weighted by molar-refractivity contribution is 7.21. The molecule has 0 aliphatic carbocycles. The van der Waals surface area contributed by atoms with E-state index in [0.717, 1.165) is 32.8 Å². The Kier molecular flexibility index (Phi) is 5.03. The molecule has 0 bridgehead atoms. The molecule has 29 heavy (non-hydrogen) atoms. The number of anilines is 1. The average molecular weight is 404 g/mol. The Morgan fingerprint density at radius 3 is 2.45 bits per heavy atom. The molecule has 2 heterocycles. The molecule has 0 fully saturated rings. The first-order chi connectivity index (χ1) is 13.9. The zero-order valence-corrected chi connectivity index (χ0v) is 17.3. The van der Waals surface area contributed by atoms with Crippen LogP contribution in [0, 0.1) is 20.8 Å². The molecule has 5 nitrogen and oxygen atoms in total. The van der Waals surface area contributed by atoms with E-state index in [4.69, 9.17) is 0 Å². The van der Waals surface area contributed by atoms with Gasteiger partial charge in [0, 0.05) is 10.6 Å². The van der Waals surface area contributed by atoms with E-state index < -0.39 is 0 Å². The van der Waals surface area contributed by atoms with Gasteiger partial charge in [-0.3, -0.25) is 14.2 Å². The summed E-state index contributed by atoms with van der Waals surface area (Å²) in [6.07, 6.45) is 1.45. The minimum absolute atomic E-state index is 0.0783. The van der Waals surface area contributed by atoms with Gasteiger partial charge in [0.1, 0.15) is 11.4 Å². The Hall–Kier alpha value is -3.25. The first-order valence-electron chi connectivity index (χ1n) is 9.34. The Morgan fingerprint density at radius 2 is 1.76 bits per heavy atom. The molecule has 0 radical (unpaired) electrons. The van der Waals surface area contributed by atoms with Crippen LogP contribution in [0.15, 0.2) is 59.7 Å². The number of hydrogen-bond acceptors (Lipinski definition) is 4. The van der Waals surface area contributed by atoms with Crippen molar-refractivity contribution in [3.8, 4) is 10.4 Å². The summed E-state index contributed by atoms with van der Waals surface area (Å²) in [5, 5.41) is 3.47. The lowest BCUT2D eigenvalue weighted by molar-refractivity contribution is -0.116. The zero-order valence-electron chi connectivity index (χ0n) is 16.5. The molecule has 4 aromatic rings. The fraction of sp³-hybridized carbons (Fsp3) is 0.174. The Balaban J connectivity index is 1.61. The summed E-state index contributed by atoms with van der Waals surface area (Å²) in [5.41, 5.74) is 4.79. The lowest BCUT2D eigenvalue weighted by atomic mass is 10.1. The topological polar surface area (TPSA) is 64.0 Å². The van der Waals surface area contributed by atoms with Gasteiger partial charge in [-0.1, -0.05) is 48.0 Å². The maximum Gasteiger partial charge on any atom is 0.262 e. The van der Waals surface area contributed by atoms with E-state index in [0.29, 0.717) is 10.2 Å². The minimum Gasteiger partial charge on any atom is -0.324 e. The van der Waals surface area contributed by atoms with Gasteiger partial charge in [0.2, 0.25) is 5.91 Å². The van der Waals surface area contributed by atoms with E-state index in [1.165, 1.54) is 22.2 Å². The number of thiophene rings is 1. The summed E-state index contributed by atoms with van der Waals surface area (Å²) in [5.74, 6) is -0.248. The summed E-state index contributed by atoms with van der Waals surface area (Å²) in [7, 11) is 0. The van der Waals surface area contributed by atoms with Gasteiger partial charge in [-0.25, -0.2) is 4.98 Å². The second kappa shape index (κ2) is 7.64. The molecule has 0 atom stereocenters. The van der Waals surface area contributed by atoms with Gasteiger partial charge >= 0.3 is 0 Å². The van der Waals surface area contributed by atoms with Crippen LogP contribution in [0.4, 0.5) is 5.69 Å². The van der Waals surface area contributed by atoms with Crippen molar-refractivity contribution >= 4 is 33.1 Å². The second-order valence-electron chi connectivity index (χ2n) is 7.20. The summed E-state index contributed by atoms with van der Waals surface area (Å²) >= 11 is 1.47. The maximum atomic E-state index is 12.9. The van der Waals surface area contributed by atoms with Crippen LogP contribution in [0.3, 0.4) is 0 Å². The molecule has 0 saturated heterocycles. The Morgan fingerprint density at radius 1 is 1.07 bits per heavy atom. The Labute approximate surface area is 172 Å². The molecule has 1 N–H and O–H groups in total. The molecular weight excluding hydrogens is 382 g/mol. The molecule has 0 aliphatic rings. The monoisotopic (exact) mass is 403 g/mol. The van der Waals surface area contributed by atoms with Crippen LogP contribution in [0.5, 0.6) is 0 Å². The lowest BCUT2D eigenvalue weighted by Crippen LogP contribution is -2.28. The van der Waals surface area contributed by atoms with Crippen LogP contribution in [-0.2, 0) is 11.3 Å². The van der Waals surface area contributed by atoms with Crippen LogP contribution in [-0.4, -0.2) is 15.5 Å². The van der Waals surface area contributed by atoms with E-state index in [1.54, 1.807) is 0 Å². The van der Waals surface area contributed by atoms with Crippen molar-refractivity contribution in [2.45, 2.75) is 27.3 Å². The van der Waals surface area contributed by atoms with E-state index in [1.807, 2.05) is 69.3 Å².